The maximum absolute atomic E-state index is 12.1. The molecule has 1 fully saturated rings. The van der Waals surface area contributed by atoms with Crippen LogP contribution >= 0.6 is 0 Å². The van der Waals surface area contributed by atoms with Crippen molar-refractivity contribution in [1.29, 1.82) is 0 Å². The molecule has 0 spiro atoms. The van der Waals surface area contributed by atoms with Crippen LogP contribution in [0.2, 0.25) is 0 Å². The van der Waals surface area contributed by atoms with Crippen molar-refractivity contribution in [2.45, 2.75) is 45.1 Å². The van der Waals surface area contributed by atoms with Gasteiger partial charge in [-0.15, -0.1) is 0 Å². The zero-order valence-corrected chi connectivity index (χ0v) is 11.0. The highest BCUT2D eigenvalue weighted by molar-refractivity contribution is 5.92. The van der Waals surface area contributed by atoms with E-state index in [2.05, 4.69) is 5.32 Å². The Hall–Kier alpha value is -1.35. The van der Waals surface area contributed by atoms with Crippen LogP contribution in [-0.4, -0.2) is 5.91 Å². The molecule has 0 aliphatic heterocycles. The first kappa shape index (κ1) is 13.1. The summed E-state index contributed by atoms with van der Waals surface area (Å²) >= 11 is 0. The molecule has 3 heteroatoms. The van der Waals surface area contributed by atoms with Gasteiger partial charge in [-0.1, -0.05) is 31.4 Å². The van der Waals surface area contributed by atoms with E-state index in [0.29, 0.717) is 0 Å². The summed E-state index contributed by atoms with van der Waals surface area (Å²) in [6.45, 7) is 1.95. The van der Waals surface area contributed by atoms with E-state index >= 15 is 0 Å². The van der Waals surface area contributed by atoms with Crippen molar-refractivity contribution >= 4 is 11.6 Å². The minimum absolute atomic E-state index is 0.0353. The van der Waals surface area contributed by atoms with Crippen LogP contribution in [0.25, 0.3) is 0 Å². The number of hydrogen-bond acceptors (Lipinski definition) is 2. The number of hydrogen-bond donors (Lipinski definition) is 2. The van der Waals surface area contributed by atoms with E-state index in [1.807, 2.05) is 31.2 Å². The van der Waals surface area contributed by atoms with E-state index in [-0.39, 0.29) is 17.9 Å². The standard InChI is InChI=1S/C15H22N2O/c1-11(16)12-7-9-14(10-8-12)17-15(18)13-5-3-2-4-6-13/h7-11,13H,2-6,16H2,1H3,(H,17,18). The van der Waals surface area contributed by atoms with Gasteiger partial charge in [-0.25, -0.2) is 0 Å². The molecular formula is C15H22N2O. The molecule has 3 N–H and O–H groups in total. The molecule has 0 radical (unpaired) electrons. The maximum Gasteiger partial charge on any atom is 0.227 e. The van der Waals surface area contributed by atoms with Gasteiger partial charge in [-0.3, -0.25) is 4.79 Å². The molecule has 1 aliphatic carbocycles. The van der Waals surface area contributed by atoms with Gasteiger partial charge in [-0.05, 0) is 37.5 Å². The summed E-state index contributed by atoms with van der Waals surface area (Å²) in [6, 6.07) is 7.84. The second kappa shape index (κ2) is 6.01. The van der Waals surface area contributed by atoms with Crippen LogP contribution in [0.5, 0.6) is 0 Å². The van der Waals surface area contributed by atoms with Crippen molar-refractivity contribution in [3.05, 3.63) is 29.8 Å². The molecule has 0 aromatic heterocycles. The summed E-state index contributed by atoms with van der Waals surface area (Å²) in [5, 5.41) is 3.00. The average Bonchev–Trinajstić information content (AvgIpc) is 2.40. The first-order valence-electron chi connectivity index (χ1n) is 6.83. The molecule has 18 heavy (non-hydrogen) atoms. The molecule has 1 atom stereocenters. The number of benzene rings is 1. The number of rotatable bonds is 3. The predicted molar refractivity (Wildman–Crippen MR) is 74.2 cm³/mol. The fourth-order valence-corrected chi connectivity index (χ4v) is 2.48. The van der Waals surface area contributed by atoms with Crippen LogP contribution in [0.4, 0.5) is 5.69 Å². The van der Waals surface area contributed by atoms with Gasteiger partial charge < -0.3 is 11.1 Å². The Balaban J connectivity index is 1.94. The first-order chi connectivity index (χ1) is 8.66. The third-order valence-corrected chi connectivity index (χ3v) is 3.68. The summed E-state index contributed by atoms with van der Waals surface area (Å²) in [4.78, 5) is 12.1. The summed E-state index contributed by atoms with van der Waals surface area (Å²) in [7, 11) is 0. The fourth-order valence-electron chi connectivity index (χ4n) is 2.48. The van der Waals surface area contributed by atoms with Crippen LogP contribution in [0.15, 0.2) is 24.3 Å². The van der Waals surface area contributed by atoms with Gasteiger partial charge >= 0.3 is 0 Å². The van der Waals surface area contributed by atoms with Crippen molar-refractivity contribution in [3.63, 3.8) is 0 Å². The number of nitrogens with one attached hydrogen (secondary N) is 1. The van der Waals surface area contributed by atoms with E-state index in [1.54, 1.807) is 0 Å². The molecule has 1 amide bonds. The molecule has 1 unspecified atom stereocenters. The molecule has 1 aliphatic rings. The third-order valence-electron chi connectivity index (χ3n) is 3.68. The Morgan fingerprint density at radius 3 is 2.39 bits per heavy atom. The number of carbonyl (C=O) groups is 1. The summed E-state index contributed by atoms with van der Waals surface area (Å²) in [5.41, 5.74) is 7.75. The van der Waals surface area contributed by atoms with Crippen LogP contribution < -0.4 is 11.1 Å². The predicted octanol–water partition coefficient (Wildman–Crippen LogP) is 3.23. The molecule has 0 heterocycles. The maximum atomic E-state index is 12.1. The summed E-state index contributed by atoms with van der Waals surface area (Å²) in [5.74, 6) is 0.370. The Kier molecular flexibility index (Phi) is 4.37. The van der Waals surface area contributed by atoms with E-state index in [1.165, 1.54) is 19.3 Å². The lowest BCUT2D eigenvalue weighted by Gasteiger charge is -2.20. The lowest BCUT2D eigenvalue weighted by molar-refractivity contribution is -0.120. The normalized spacial score (nSPS) is 18.3. The molecule has 2 rings (SSSR count). The van der Waals surface area contributed by atoms with E-state index < -0.39 is 0 Å². The van der Waals surface area contributed by atoms with Crippen LogP contribution in [-0.2, 0) is 4.79 Å². The van der Waals surface area contributed by atoms with Crippen LogP contribution in [0.1, 0.15) is 50.6 Å². The van der Waals surface area contributed by atoms with Crippen molar-refractivity contribution in [1.82, 2.24) is 0 Å². The number of carbonyl (C=O) groups excluding carboxylic acids is 1. The van der Waals surface area contributed by atoms with Crippen LogP contribution in [0.3, 0.4) is 0 Å². The zero-order chi connectivity index (χ0) is 13.0. The minimum atomic E-state index is 0.0353. The van der Waals surface area contributed by atoms with Crippen molar-refractivity contribution in [2.24, 2.45) is 11.7 Å². The molecule has 0 saturated heterocycles. The van der Waals surface area contributed by atoms with Gasteiger partial charge in [0, 0.05) is 17.6 Å². The molecule has 1 aromatic carbocycles. The van der Waals surface area contributed by atoms with E-state index in [0.717, 1.165) is 24.1 Å². The molecule has 1 aromatic rings. The first-order valence-corrected chi connectivity index (χ1v) is 6.83. The van der Waals surface area contributed by atoms with Gasteiger partial charge in [0.05, 0.1) is 0 Å². The van der Waals surface area contributed by atoms with Gasteiger partial charge in [0.15, 0.2) is 0 Å². The van der Waals surface area contributed by atoms with Gasteiger partial charge in [0.25, 0.3) is 0 Å². The highest BCUT2D eigenvalue weighted by atomic mass is 16.1. The fraction of sp³-hybridized carbons (Fsp3) is 0.533. The SMILES string of the molecule is CC(N)c1ccc(NC(=O)C2CCCCC2)cc1. The Labute approximate surface area is 109 Å². The highest BCUT2D eigenvalue weighted by Crippen LogP contribution is 2.25. The number of nitrogens with two attached hydrogens (primary N) is 1. The van der Waals surface area contributed by atoms with Crippen molar-refractivity contribution < 1.29 is 4.79 Å². The Bertz CT molecular complexity index is 391. The van der Waals surface area contributed by atoms with Gasteiger partial charge in [0.2, 0.25) is 5.91 Å². The highest BCUT2D eigenvalue weighted by Gasteiger charge is 2.20. The molecule has 0 bridgehead atoms. The van der Waals surface area contributed by atoms with Gasteiger partial charge in [0.1, 0.15) is 0 Å². The lowest BCUT2D eigenvalue weighted by Crippen LogP contribution is -2.24. The third kappa shape index (κ3) is 3.33. The Morgan fingerprint density at radius 2 is 1.83 bits per heavy atom. The molecule has 3 nitrogen and oxygen atoms in total. The number of amides is 1. The Morgan fingerprint density at radius 1 is 1.22 bits per heavy atom. The minimum Gasteiger partial charge on any atom is -0.326 e. The van der Waals surface area contributed by atoms with E-state index in [4.69, 9.17) is 5.73 Å². The molecular weight excluding hydrogens is 224 g/mol. The average molecular weight is 246 g/mol. The van der Waals surface area contributed by atoms with Crippen molar-refractivity contribution in [3.8, 4) is 0 Å². The summed E-state index contributed by atoms with van der Waals surface area (Å²) in [6.07, 6.45) is 5.70. The summed E-state index contributed by atoms with van der Waals surface area (Å²) < 4.78 is 0. The quantitative estimate of drug-likeness (QED) is 0.860. The second-order valence-corrected chi connectivity index (χ2v) is 5.23. The largest absolute Gasteiger partial charge is 0.326 e. The molecule has 1 saturated carbocycles. The molecule has 98 valence electrons. The van der Waals surface area contributed by atoms with Crippen molar-refractivity contribution in [2.75, 3.05) is 5.32 Å². The van der Waals surface area contributed by atoms with Gasteiger partial charge in [-0.2, -0.15) is 0 Å². The van der Waals surface area contributed by atoms with E-state index in [9.17, 15) is 4.79 Å². The number of anilines is 1. The monoisotopic (exact) mass is 246 g/mol. The smallest absolute Gasteiger partial charge is 0.227 e. The topological polar surface area (TPSA) is 55.1 Å². The lowest BCUT2D eigenvalue weighted by atomic mass is 9.88. The zero-order valence-electron chi connectivity index (χ0n) is 11.0. The second-order valence-electron chi connectivity index (χ2n) is 5.23. The van der Waals surface area contributed by atoms with Crippen LogP contribution in [0, 0.1) is 5.92 Å².